The molecule has 0 heterocycles. The number of carbonyl (C=O) groups is 1. The van der Waals surface area contributed by atoms with Crippen molar-refractivity contribution in [3.63, 3.8) is 0 Å². The number of methoxy groups -OCH3 is 2. The lowest BCUT2D eigenvalue weighted by Crippen LogP contribution is -2.23. The maximum Gasteiger partial charge on any atom is 0.247 e. The molecule has 0 unspecified atom stereocenters. The van der Waals surface area contributed by atoms with Crippen LogP contribution in [0, 0.1) is 0 Å². The van der Waals surface area contributed by atoms with Crippen molar-refractivity contribution in [3.8, 4) is 11.5 Å². The number of hydroxylamine groups is 1. The standard InChI is InChI=1S/C9H11NO3.C7H9NO2/c1-7(11)10(12)8-4-3-5-9(6-8)13-2;1-10-7-4-2-3-6(5-7)8-9/h3-6,12H,1-2H3;2-5,8-9H,1H3. The van der Waals surface area contributed by atoms with E-state index >= 15 is 0 Å². The fourth-order valence-corrected chi connectivity index (χ4v) is 1.62. The molecule has 0 saturated carbocycles. The van der Waals surface area contributed by atoms with E-state index in [0.717, 1.165) is 5.75 Å². The predicted molar refractivity (Wildman–Crippen MR) is 86.3 cm³/mol. The van der Waals surface area contributed by atoms with Crippen molar-refractivity contribution < 1.29 is 24.7 Å². The minimum Gasteiger partial charge on any atom is -0.497 e. The zero-order valence-corrected chi connectivity index (χ0v) is 13.2. The second-order valence-corrected chi connectivity index (χ2v) is 4.38. The van der Waals surface area contributed by atoms with Gasteiger partial charge in [-0.15, -0.1) is 0 Å². The van der Waals surface area contributed by atoms with Crippen LogP contribution in [0.25, 0.3) is 0 Å². The fraction of sp³-hybridized carbons (Fsp3) is 0.188. The molecule has 1 amide bonds. The Morgan fingerprint density at radius 2 is 1.61 bits per heavy atom. The highest BCUT2D eigenvalue weighted by molar-refractivity contribution is 5.89. The molecular formula is C16H20N2O5. The van der Waals surface area contributed by atoms with E-state index in [2.05, 4.69) is 0 Å². The monoisotopic (exact) mass is 320 g/mol. The third-order valence-corrected chi connectivity index (χ3v) is 2.80. The normalized spacial score (nSPS) is 9.26. The number of amides is 1. The van der Waals surface area contributed by atoms with Crippen LogP contribution >= 0.6 is 0 Å². The van der Waals surface area contributed by atoms with E-state index < -0.39 is 5.91 Å². The molecule has 7 nitrogen and oxygen atoms in total. The van der Waals surface area contributed by atoms with Crippen molar-refractivity contribution in [1.82, 2.24) is 0 Å². The molecule has 0 aliphatic heterocycles. The summed E-state index contributed by atoms with van der Waals surface area (Å²) in [6.07, 6.45) is 0. The summed E-state index contributed by atoms with van der Waals surface area (Å²) in [5.74, 6) is 0.880. The molecule has 0 spiro atoms. The minimum atomic E-state index is -0.437. The van der Waals surface area contributed by atoms with Crippen molar-refractivity contribution in [2.75, 3.05) is 24.8 Å². The van der Waals surface area contributed by atoms with Crippen LogP contribution in [-0.4, -0.2) is 30.5 Å². The second kappa shape index (κ2) is 9.29. The predicted octanol–water partition coefficient (Wildman–Crippen LogP) is 2.93. The summed E-state index contributed by atoms with van der Waals surface area (Å²) in [6, 6.07) is 13.6. The average molecular weight is 320 g/mol. The lowest BCUT2D eigenvalue weighted by molar-refractivity contribution is -0.121. The molecule has 3 N–H and O–H groups in total. The molecule has 2 aromatic carbocycles. The van der Waals surface area contributed by atoms with Crippen molar-refractivity contribution in [3.05, 3.63) is 48.5 Å². The summed E-state index contributed by atoms with van der Waals surface area (Å²) in [4.78, 5) is 10.8. The van der Waals surface area contributed by atoms with Gasteiger partial charge in [0.05, 0.1) is 25.6 Å². The Morgan fingerprint density at radius 3 is 2.13 bits per heavy atom. The summed E-state index contributed by atoms with van der Waals surface area (Å²) in [5, 5.41) is 18.3. The van der Waals surface area contributed by atoms with Crippen LogP contribution in [0.3, 0.4) is 0 Å². The number of nitrogens with one attached hydrogen (secondary N) is 1. The summed E-state index contributed by atoms with van der Waals surface area (Å²) < 4.78 is 9.84. The van der Waals surface area contributed by atoms with Gasteiger partial charge >= 0.3 is 0 Å². The van der Waals surface area contributed by atoms with Gasteiger partial charge in [0.1, 0.15) is 11.5 Å². The van der Waals surface area contributed by atoms with Gasteiger partial charge in [0.25, 0.3) is 0 Å². The van der Waals surface area contributed by atoms with Crippen LogP contribution in [0.15, 0.2) is 48.5 Å². The molecule has 7 heteroatoms. The van der Waals surface area contributed by atoms with Gasteiger partial charge in [0, 0.05) is 19.1 Å². The first-order chi connectivity index (χ1) is 11.0. The number of carbonyl (C=O) groups excluding carboxylic acids is 1. The topological polar surface area (TPSA) is 91.3 Å². The van der Waals surface area contributed by atoms with Crippen molar-refractivity contribution >= 4 is 17.3 Å². The fourth-order valence-electron chi connectivity index (χ4n) is 1.62. The zero-order valence-electron chi connectivity index (χ0n) is 13.2. The van der Waals surface area contributed by atoms with Crippen LogP contribution in [0.2, 0.25) is 0 Å². The van der Waals surface area contributed by atoms with E-state index in [-0.39, 0.29) is 0 Å². The zero-order chi connectivity index (χ0) is 17.2. The van der Waals surface area contributed by atoms with E-state index in [1.165, 1.54) is 14.0 Å². The second-order valence-electron chi connectivity index (χ2n) is 4.38. The van der Waals surface area contributed by atoms with Crippen LogP contribution < -0.4 is 20.0 Å². The van der Waals surface area contributed by atoms with E-state index in [1.807, 2.05) is 5.48 Å². The summed E-state index contributed by atoms with van der Waals surface area (Å²) in [5.41, 5.74) is 3.04. The molecule has 0 radical (unpaired) electrons. The van der Waals surface area contributed by atoms with Gasteiger partial charge in [-0.2, -0.15) is 5.06 Å². The van der Waals surface area contributed by atoms with Crippen molar-refractivity contribution in [2.45, 2.75) is 6.92 Å². The van der Waals surface area contributed by atoms with Gasteiger partial charge in [-0.1, -0.05) is 12.1 Å². The van der Waals surface area contributed by atoms with E-state index in [0.29, 0.717) is 22.2 Å². The van der Waals surface area contributed by atoms with E-state index in [1.54, 1.807) is 55.6 Å². The Kier molecular flexibility index (Phi) is 7.38. The number of benzene rings is 2. The number of anilines is 2. The highest BCUT2D eigenvalue weighted by Gasteiger charge is 2.07. The first-order valence-electron chi connectivity index (χ1n) is 6.69. The Labute approximate surface area is 134 Å². The smallest absolute Gasteiger partial charge is 0.247 e. The number of ether oxygens (including phenoxy) is 2. The third kappa shape index (κ3) is 5.85. The van der Waals surface area contributed by atoms with Gasteiger partial charge in [0.15, 0.2) is 0 Å². The van der Waals surface area contributed by atoms with Gasteiger partial charge in [-0.25, -0.2) is 0 Å². The quantitative estimate of drug-likeness (QED) is 0.592. The summed E-state index contributed by atoms with van der Waals surface area (Å²) in [7, 11) is 3.10. The molecule has 0 bridgehead atoms. The number of nitrogens with zero attached hydrogens (tertiary/aromatic N) is 1. The molecule has 0 aliphatic rings. The maximum atomic E-state index is 10.8. The largest absolute Gasteiger partial charge is 0.497 e. The van der Waals surface area contributed by atoms with E-state index in [9.17, 15) is 10.0 Å². The SMILES string of the molecule is COc1cccc(N(O)C(C)=O)c1.COc1cccc(NO)c1. The molecule has 0 saturated heterocycles. The number of hydrogen-bond acceptors (Lipinski definition) is 6. The van der Waals surface area contributed by atoms with Crippen LogP contribution in [0.1, 0.15) is 6.92 Å². The summed E-state index contributed by atoms with van der Waals surface area (Å²) >= 11 is 0. The van der Waals surface area contributed by atoms with Crippen LogP contribution in [0.4, 0.5) is 11.4 Å². The van der Waals surface area contributed by atoms with Gasteiger partial charge in [-0.3, -0.25) is 20.7 Å². The molecule has 23 heavy (non-hydrogen) atoms. The molecule has 0 atom stereocenters. The maximum absolute atomic E-state index is 10.8. The van der Waals surface area contributed by atoms with Crippen molar-refractivity contribution in [2.24, 2.45) is 0 Å². The Hall–Kier alpha value is -2.77. The molecule has 0 aliphatic carbocycles. The average Bonchev–Trinajstić information content (AvgIpc) is 2.61. The first kappa shape index (κ1) is 18.3. The van der Waals surface area contributed by atoms with Crippen molar-refractivity contribution in [1.29, 1.82) is 0 Å². The molecular weight excluding hydrogens is 300 g/mol. The highest BCUT2D eigenvalue weighted by atomic mass is 16.5. The lowest BCUT2D eigenvalue weighted by Gasteiger charge is -2.12. The molecule has 124 valence electrons. The molecule has 2 aromatic rings. The van der Waals surface area contributed by atoms with Gasteiger partial charge < -0.3 is 9.47 Å². The van der Waals surface area contributed by atoms with Gasteiger partial charge in [-0.05, 0) is 24.3 Å². The lowest BCUT2D eigenvalue weighted by atomic mass is 10.3. The minimum absolute atomic E-state index is 0.395. The highest BCUT2D eigenvalue weighted by Crippen LogP contribution is 2.19. The number of rotatable bonds is 4. The first-order valence-corrected chi connectivity index (χ1v) is 6.69. The number of hydrogen-bond donors (Lipinski definition) is 3. The Bertz CT molecular complexity index is 614. The Morgan fingerprint density at radius 1 is 1.04 bits per heavy atom. The van der Waals surface area contributed by atoms with Crippen LogP contribution in [0.5, 0.6) is 11.5 Å². The molecule has 0 aromatic heterocycles. The van der Waals surface area contributed by atoms with E-state index in [4.69, 9.17) is 14.7 Å². The van der Waals surface area contributed by atoms with Crippen LogP contribution in [-0.2, 0) is 4.79 Å². The third-order valence-electron chi connectivity index (χ3n) is 2.80. The molecule has 0 fully saturated rings. The molecule has 2 rings (SSSR count). The Balaban J connectivity index is 0.000000238. The summed E-state index contributed by atoms with van der Waals surface area (Å²) in [6.45, 7) is 1.28. The van der Waals surface area contributed by atoms with Gasteiger partial charge in [0.2, 0.25) is 5.91 Å².